The molecule has 2 aliphatic heterocycles. The number of nitrogens with zero attached hydrogens (tertiary/aromatic N) is 2. The predicted octanol–water partition coefficient (Wildman–Crippen LogP) is 2.11. The maximum atomic E-state index is 11.7. The second kappa shape index (κ2) is 5.42. The van der Waals surface area contributed by atoms with E-state index in [9.17, 15) is 9.59 Å². The highest BCUT2D eigenvalue weighted by atomic mass is 79.9. The third-order valence-corrected chi connectivity index (χ3v) is 5.01. The number of anilines is 2. The lowest BCUT2D eigenvalue weighted by Gasteiger charge is -2.40. The van der Waals surface area contributed by atoms with Crippen molar-refractivity contribution in [2.24, 2.45) is 0 Å². The number of benzene rings is 1. The molecule has 3 rings (SSSR count). The lowest BCUT2D eigenvalue weighted by atomic mass is 10.1. The molecule has 1 saturated heterocycles. The summed E-state index contributed by atoms with van der Waals surface area (Å²) in [6.45, 7) is 5.09. The Labute approximate surface area is 132 Å². The Morgan fingerprint density at radius 2 is 2.10 bits per heavy atom. The Morgan fingerprint density at radius 3 is 2.81 bits per heavy atom. The van der Waals surface area contributed by atoms with Crippen molar-refractivity contribution in [1.82, 2.24) is 4.90 Å². The third-order valence-electron chi connectivity index (χ3n) is 4.38. The van der Waals surface area contributed by atoms with Gasteiger partial charge in [0, 0.05) is 30.1 Å². The standard InChI is InChI=1S/C15H18BrN3O2/c1-3-9-8-19(5-4-18(9)2)13-7-12-10(6-11(13)16)14(20)15(21)17-12/h6-7,9H,3-5,8H2,1-2H3,(H,17,20,21). The Kier molecular flexibility index (Phi) is 3.75. The summed E-state index contributed by atoms with van der Waals surface area (Å²) in [5.74, 6) is -0.999. The van der Waals surface area contributed by atoms with Crippen molar-refractivity contribution in [2.75, 3.05) is 36.9 Å². The summed E-state index contributed by atoms with van der Waals surface area (Å²) in [4.78, 5) is 27.9. The molecule has 112 valence electrons. The van der Waals surface area contributed by atoms with Crippen molar-refractivity contribution in [2.45, 2.75) is 19.4 Å². The fraction of sp³-hybridized carbons (Fsp3) is 0.467. The smallest absolute Gasteiger partial charge is 0.296 e. The van der Waals surface area contributed by atoms with Gasteiger partial charge in [-0.3, -0.25) is 14.5 Å². The molecule has 21 heavy (non-hydrogen) atoms. The summed E-state index contributed by atoms with van der Waals surface area (Å²) < 4.78 is 0.866. The summed E-state index contributed by atoms with van der Waals surface area (Å²) >= 11 is 3.54. The number of likely N-dealkylation sites (N-methyl/N-ethyl adjacent to an activating group) is 1. The molecule has 0 bridgehead atoms. The molecule has 2 heterocycles. The van der Waals surface area contributed by atoms with Gasteiger partial charge in [-0.15, -0.1) is 0 Å². The number of halogens is 1. The summed E-state index contributed by atoms with van der Waals surface area (Å²) in [6.07, 6.45) is 1.10. The Morgan fingerprint density at radius 1 is 1.33 bits per heavy atom. The van der Waals surface area contributed by atoms with Gasteiger partial charge in [0.2, 0.25) is 0 Å². The van der Waals surface area contributed by atoms with Crippen LogP contribution in [-0.4, -0.2) is 49.3 Å². The second-order valence-electron chi connectivity index (χ2n) is 5.62. The highest BCUT2D eigenvalue weighted by molar-refractivity contribution is 9.10. The van der Waals surface area contributed by atoms with E-state index in [2.05, 4.69) is 45.0 Å². The van der Waals surface area contributed by atoms with Gasteiger partial charge >= 0.3 is 0 Å². The highest BCUT2D eigenvalue weighted by Gasteiger charge is 2.31. The molecule has 1 aromatic carbocycles. The van der Waals surface area contributed by atoms with Crippen LogP contribution in [0.4, 0.5) is 11.4 Å². The Bertz CT molecular complexity index is 617. The van der Waals surface area contributed by atoms with Gasteiger partial charge in [0.05, 0.1) is 16.9 Å². The molecule has 1 unspecified atom stereocenters. The molecule has 2 aliphatic rings. The van der Waals surface area contributed by atoms with E-state index in [1.54, 1.807) is 6.07 Å². The maximum Gasteiger partial charge on any atom is 0.296 e. The van der Waals surface area contributed by atoms with E-state index in [4.69, 9.17) is 0 Å². The van der Waals surface area contributed by atoms with Crippen molar-refractivity contribution < 1.29 is 9.59 Å². The van der Waals surface area contributed by atoms with Crippen molar-refractivity contribution in [3.05, 3.63) is 22.2 Å². The second-order valence-corrected chi connectivity index (χ2v) is 6.48. The molecular weight excluding hydrogens is 334 g/mol. The zero-order chi connectivity index (χ0) is 15.1. The average Bonchev–Trinajstić information content (AvgIpc) is 2.74. The first-order valence-electron chi connectivity index (χ1n) is 7.15. The number of ketones is 1. The molecule has 0 spiro atoms. The Balaban J connectivity index is 1.92. The zero-order valence-electron chi connectivity index (χ0n) is 12.1. The number of nitrogens with one attached hydrogen (secondary N) is 1. The van der Waals surface area contributed by atoms with Crippen LogP contribution in [-0.2, 0) is 4.79 Å². The first-order valence-corrected chi connectivity index (χ1v) is 7.95. The largest absolute Gasteiger partial charge is 0.368 e. The van der Waals surface area contributed by atoms with E-state index in [1.165, 1.54) is 0 Å². The van der Waals surface area contributed by atoms with E-state index in [0.29, 0.717) is 17.3 Å². The van der Waals surface area contributed by atoms with Crippen LogP contribution >= 0.6 is 15.9 Å². The first kappa shape index (κ1) is 14.5. The summed E-state index contributed by atoms with van der Waals surface area (Å²) in [5.41, 5.74) is 2.11. The molecule has 0 aliphatic carbocycles. The molecular formula is C15H18BrN3O2. The molecule has 0 aromatic heterocycles. The lowest BCUT2D eigenvalue weighted by molar-refractivity contribution is -0.112. The van der Waals surface area contributed by atoms with Crippen LogP contribution in [0.2, 0.25) is 0 Å². The minimum atomic E-state index is -0.543. The number of carbonyl (C=O) groups is 2. The SMILES string of the molecule is CCC1CN(c2cc3c(cc2Br)C(=O)C(=O)N3)CCN1C. The fourth-order valence-corrected chi connectivity index (χ4v) is 3.60. The van der Waals surface area contributed by atoms with Gasteiger partial charge in [0.25, 0.3) is 11.7 Å². The number of carbonyl (C=O) groups excluding carboxylic acids is 2. The zero-order valence-corrected chi connectivity index (χ0v) is 13.7. The van der Waals surface area contributed by atoms with Crippen LogP contribution in [0.1, 0.15) is 23.7 Å². The topological polar surface area (TPSA) is 52.7 Å². The molecule has 1 fully saturated rings. The van der Waals surface area contributed by atoms with Gasteiger partial charge < -0.3 is 10.2 Å². The molecule has 0 radical (unpaired) electrons. The summed E-state index contributed by atoms with van der Waals surface area (Å²) in [7, 11) is 2.15. The van der Waals surface area contributed by atoms with Gasteiger partial charge in [0.15, 0.2) is 0 Å². The van der Waals surface area contributed by atoms with Gasteiger partial charge in [-0.1, -0.05) is 6.92 Å². The summed E-state index contributed by atoms with van der Waals surface area (Å²) in [6, 6.07) is 4.18. The van der Waals surface area contributed by atoms with Crippen molar-refractivity contribution in [3.8, 4) is 0 Å². The van der Waals surface area contributed by atoms with Gasteiger partial charge in [-0.05, 0) is 41.5 Å². The number of hydrogen-bond acceptors (Lipinski definition) is 4. The van der Waals surface area contributed by atoms with Crippen LogP contribution in [0.15, 0.2) is 16.6 Å². The fourth-order valence-electron chi connectivity index (χ4n) is 3.00. The van der Waals surface area contributed by atoms with Crippen molar-refractivity contribution in [1.29, 1.82) is 0 Å². The number of rotatable bonds is 2. The van der Waals surface area contributed by atoms with Gasteiger partial charge in [-0.2, -0.15) is 0 Å². The number of hydrogen-bond donors (Lipinski definition) is 1. The minimum Gasteiger partial charge on any atom is -0.368 e. The van der Waals surface area contributed by atoms with E-state index < -0.39 is 11.7 Å². The molecule has 1 amide bonds. The van der Waals surface area contributed by atoms with E-state index in [0.717, 1.165) is 36.2 Å². The maximum absolute atomic E-state index is 11.7. The monoisotopic (exact) mass is 351 g/mol. The van der Waals surface area contributed by atoms with Crippen LogP contribution in [0.3, 0.4) is 0 Å². The highest BCUT2D eigenvalue weighted by Crippen LogP contribution is 2.36. The molecule has 0 saturated carbocycles. The third kappa shape index (κ3) is 2.46. The van der Waals surface area contributed by atoms with Crippen LogP contribution in [0.25, 0.3) is 0 Å². The van der Waals surface area contributed by atoms with Gasteiger partial charge in [-0.25, -0.2) is 0 Å². The normalized spacial score (nSPS) is 22.4. The minimum absolute atomic E-state index is 0.455. The van der Waals surface area contributed by atoms with E-state index in [1.807, 2.05) is 6.07 Å². The van der Waals surface area contributed by atoms with E-state index >= 15 is 0 Å². The average molecular weight is 352 g/mol. The van der Waals surface area contributed by atoms with Gasteiger partial charge in [0.1, 0.15) is 0 Å². The molecule has 1 N–H and O–H groups in total. The molecule has 1 atom stereocenters. The number of amides is 1. The number of Topliss-reactive ketones (excluding diaryl/α,β-unsaturated/α-hetero) is 1. The number of piperazine rings is 1. The van der Waals surface area contributed by atoms with Crippen LogP contribution in [0, 0.1) is 0 Å². The Hall–Kier alpha value is -1.40. The first-order chi connectivity index (χ1) is 10.0. The van der Waals surface area contributed by atoms with E-state index in [-0.39, 0.29) is 0 Å². The lowest BCUT2D eigenvalue weighted by Crippen LogP contribution is -2.51. The molecule has 1 aromatic rings. The molecule has 6 heteroatoms. The molecule has 5 nitrogen and oxygen atoms in total. The predicted molar refractivity (Wildman–Crippen MR) is 86.0 cm³/mol. The summed E-state index contributed by atoms with van der Waals surface area (Å²) in [5, 5.41) is 2.64. The van der Waals surface area contributed by atoms with Crippen molar-refractivity contribution >= 4 is 39.0 Å². The number of fused-ring (bicyclic) bond motifs is 1. The van der Waals surface area contributed by atoms with Crippen LogP contribution < -0.4 is 10.2 Å². The quantitative estimate of drug-likeness (QED) is 0.829. The van der Waals surface area contributed by atoms with Crippen molar-refractivity contribution in [3.63, 3.8) is 0 Å². The van der Waals surface area contributed by atoms with Crippen LogP contribution in [0.5, 0.6) is 0 Å².